The minimum absolute atomic E-state index is 0.0968. The molecule has 94 valence electrons. The summed E-state index contributed by atoms with van der Waals surface area (Å²) >= 11 is 0. The minimum atomic E-state index is -0.518. The van der Waals surface area contributed by atoms with E-state index >= 15 is 0 Å². The summed E-state index contributed by atoms with van der Waals surface area (Å²) in [5.74, 6) is 0.295. The van der Waals surface area contributed by atoms with E-state index in [1.165, 1.54) is 18.2 Å². The number of nitro benzene ring substituents is 1. The number of benzene rings is 1. The van der Waals surface area contributed by atoms with Crippen molar-refractivity contribution in [2.45, 2.75) is 0 Å². The van der Waals surface area contributed by atoms with Gasteiger partial charge in [0.05, 0.1) is 10.4 Å². The lowest BCUT2D eigenvalue weighted by Crippen LogP contribution is -1.95. The third-order valence-electron chi connectivity index (χ3n) is 2.74. The van der Waals surface area contributed by atoms with E-state index in [0.717, 1.165) is 4.73 Å². The Morgan fingerprint density at radius 1 is 1.32 bits per heavy atom. The van der Waals surface area contributed by atoms with Crippen LogP contribution in [-0.2, 0) is 0 Å². The van der Waals surface area contributed by atoms with Crippen molar-refractivity contribution in [2.75, 3.05) is 0 Å². The Bertz CT molecular complexity index is 767. The van der Waals surface area contributed by atoms with Crippen molar-refractivity contribution in [3.05, 3.63) is 52.8 Å². The molecular weight excluding hydrogens is 248 g/mol. The van der Waals surface area contributed by atoms with E-state index in [-0.39, 0.29) is 11.2 Å². The summed E-state index contributed by atoms with van der Waals surface area (Å²) < 4.78 is 0.833. The van der Waals surface area contributed by atoms with Crippen LogP contribution >= 0.6 is 0 Å². The number of hydrogen-bond donors (Lipinski definition) is 1. The summed E-state index contributed by atoms with van der Waals surface area (Å²) in [6.45, 7) is 0. The van der Waals surface area contributed by atoms with E-state index < -0.39 is 4.92 Å². The Kier molecular flexibility index (Phi) is 2.38. The molecule has 0 fully saturated rings. The van der Waals surface area contributed by atoms with Crippen LogP contribution in [0.2, 0.25) is 0 Å². The summed E-state index contributed by atoms with van der Waals surface area (Å²) in [6.07, 6.45) is 3.17. The molecular formula is C12H8N4O3. The normalized spacial score (nSPS) is 10.7. The molecule has 1 N–H and O–H groups in total. The first kappa shape index (κ1) is 11.1. The van der Waals surface area contributed by atoms with Gasteiger partial charge in [0.2, 0.25) is 0 Å². The van der Waals surface area contributed by atoms with Gasteiger partial charge in [-0.1, -0.05) is 0 Å². The van der Waals surface area contributed by atoms with Crippen molar-refractivity contribution in [3.63, 3.8) is 0 Å². The van der Waals surface area contributed by atoms with Gasteiger partial charge in [-0.3, -0.25) is 15.1 Å². The number of imidazole rings is 1. The monoisotopic (exact) mass is 256 g/mol. The number of aromatic nitrogens is 3. The lowest BCUT2D eigenvalue weighted by atomic mass is 10.3. The summed E-state index contributed by atoms with van der Waals surface area (Å²) in [6, 6.07) is 7.59. The highest BCUT2D eigenvalue weighted by atomic mass is 16.6. The van der Waals surface area contributed by atoms with Gasteiger partial charge in [0.25, 0.3) is 5.69 Å². The van der Waals surface area contributed by atoms with Crippen molar-refractivity contribution in [1.29, 1.82) is 0 Å². The Labute approximate surface area is 106 Å². The largest absolute Gasteiger partial charge is 0.426 e. The molecule has 0 unspecified atom stereocenters. The van der Waals surface area contributed by atoms with Gasteiger partial charge >= 0.3 is 0 Å². The fourth-order valence-electron chi connectivity index (χ4n) is 1.85. The standard InChI is InChI=1S/C12H8N4O3/c17-15-11-6-9(16(18)19)3-4-10(11)14-12(15)8-2-1-5-13-7-8/h1-7,17H. The van der Waals surface area contributed by atoms with Crippen LogP contribution in [-0.4, -0.2) is 24.8 Å². The molecule has 0 saturated carbocycles. The molecule has 2 heterocycles. The van der Waals surface area contributed by atoms with Crippen molar-refractivity contribution < 1.29 is 10.1 Å². The molecule has 0 aliphatic carbocycles. The van der Waals surface area contributed by atoms with Gasteiger partial charge in [-0.2, -0.15) is 4.73 Å². The quantitative estimate of drug-likeness (QED) is 0.431. The SMILES string of the molecule is O=[N+]([O-])c1ccc2nc(-c3cccnc3)n(O)c2c1. The lowest BCUT2D eigenvalue weighted by molar-refractivity contribution is -0.384. The number of pyridine rings is 1. The molecule has 0 spiro atoms. The van der Waals surface area contributed by atoms with Crippen molar-refractivity contribution in [2.24, 2.45) is 0 Å². The Balaban J connectivity index is 2.24. The zero-order valence-corrected chi connectivity index (χ0v) is 9.59. The number of nitrogens with zero attached hydrogens (tertiary/aromatic N) is 4. The highest BCUT2D eigenvalue weighted by Gasteiger charge is 2.15. The highest BCUT2D eigenvalue weighted by Crippen LogP contribution is 2.25. The first-order chi connectivity index (χ1) is 9.16. The van der Waals surface area contributed by atoms with Crippen LogP contribution in [0.4, 0.5) is 5.69 Å². The van der Waals surface area contributed by atoms with Gasteiger partial charge in [0.1, 0.15) is 5.52 Å². The van der Waals surface area contributed by atoms with Crippen LogP contribution in [0.5, 0.6) is 0 Å². The zero-order chi connectivity index (χ0) is 13.4. The predicted molar refractivity (Wildman–Crippen MR) is 66.8 cm³/mol. The van der Waals surface area contributed by atoms with E-state index in [1.807, 2.05) is 0 Å². The van der Waals surface area contributed by atoms with Crippen LogP contribution in [0.25, 0.3) is 22.4 Å². The molecule has 7 nitrogen and oxygen atoms in total. The fourth-order valence-corrected chi connectivity index (χ4v) is 1.85. The maximum absolute atomic E-state index is 10.7. The summed E-state index contributed by atoms with van der Waals surface area (Å²) in [4.78, 5) is 18.4. The van der Waals surface area contributed by atoms with Crippen LogP contribution in [0.3, 0.4) is 0 Å². The average Bonchev–Trinajstić information content (AvgIpc) is 2.77. The molecule has 0 amide bonds. The number of fused-ring (bicyclic) bond motifs is 1. The average molecular weight is 256 g/mol. The van der Waals surface area contributed by atoms with E-state index in [1.54, 1.807) is 24.5 Å². The molecule has 3 aromatic rings. The van der Waals surface area contributed by atoms with E-state index in [2.05, 4.69) is 9.97 Å². The lowest BCUT2D eigenvalue weighted by Gasteiger charge is -1.99. The number of non-ortho nitro benzene ring substituents is 1. The number of hydrogen-bond acceptors (Lipinski definition) is 5. The van der Waals surface area contributed by atoms with Crippen molar-refractivity contribution in [3.8, 4) is 11.4 Å². The molecule has 0 bridgehead atoms. The molecule has 0 aliphatic rings. The Morgan fingerprint density at radius 3 is 2.84 bits per heavy atom. The van der Waals surface area contributed by atoms with Gasteiger partial charge < -0.3 is 5.21 Å². The second kappa shape index (κ2) is 4.05. The van der Waals surface area contributed by atoms with Crippen molar-refractivity contribution >= 4 is 16.7 Å². The molecule has 0 saturated heterocycles. The minimum Gasteiger partial charge on any atom is -0.426 e. The molecule has 0 atom stereocenters. The van der Waals surface area contributed by atoms with Gasteiger partial charge in [-0.15, -0.1) is 0 Å². The second-order valence-electron chi connectivity index (χ2n) is 3.92. The van der Waals surface area contributed by atoms with E-state index in [4.69, 9.17) is 0 Å². The number of nitro groups is 1. The predicted octanol–water partition coefficient (Wildman–Crippen LogP) is 2.24. The third-order valence-corrected chi connectivity index (χ3v) is 2.74. The van der Waals surface area contributed by atoms with Crippen LogP contribution in [0, 0.1) is 10.1 Å². The summed E-state index contributed by atoms with van der Waals surface area (Å²) in [5.41, 5.74) is 1.30. The molecule has 0 radical (unpaired) electrons. The van der Waals surface area contributed by atoms with Gasteiger partial charge in [-0.05, 0) is 18.2 Å². The topological polar surface area (TPSA) is 94.1 Å². The van der Waals surface area contributed by atoms with E-state index in [0.29, 0.717) is 16.9 Å². The smallest absolute Gasteiger partial charge is 0.271 e. The molecule has 19 heavy (non-hydrogen) atoms. The van der Waals surface area contributed by atoms with E-state index in [9.17, 15) is 15.3 Å². The second-order valence-corrected chi connectivity index (χ2v) is 3.92. The zero-order valence-electron chi connectivity index (χ0n) is 9.59. The molecule has 3 rings (SSSR count). The maximum Gasteiger partial charge on any atom is 0.271 e. The fraction of sp³-hybridized carbons (Fsp3) is 0. The highest BCUT2D eigenvalue weighted by molar-refractivity contribution is 5.82. The molecule has 1 aromatic carbocycles. The molecule has 2 aromatic heterocycles. The first-order valence-electron chi connectivity index (χ1n) is 5.43. The maximum atomic E-state index is 10.7. The Morgan fingerprint density at radius 2 is 2.16 bits per heavy atom. The van der Waals surface area contributed by atoms with Crippen LogP contribution in [0.1, 0.15) is 0 Å². The van der Waals surface area contributed by atoms with Crippen LogP contribution < -0.4 is 0 Å². The van der Waals surface area contributed by atoms with Gasteiger partial charge in [0.15, 0.2) is 5.82 Å². The molecule has 7 heteroatoms. The van der Waals surface area contributed by atoms with Gasteiger partial charge in [0, 0.05) is 30.1 Å². The Hall–Kier alpha value is -2.96. The first-order valence-corrected chi connectivity index (χ1v) is 5.43. The number of rotatable bonds is 2. The molecule has 0 aliphatic heterocycles. The third kappa shape index (κ3) is 1.77. The van der Waals surface area contributed by atoms with Crippen molar-refractivity contribution in [1.82, 2.24) is 14.7 Å². The van der Waals surface area contributed by atoms with Gasteiger partial charge in [-0.25, -0.2) is 4.98 Å². The van der Waals surface area contributed by atoms with Crippen LogP contribution in [0.15, 0.2) is 42.7 Å². The summed E-state index contributed by atoms with van der Waals surface area (Å²) in [7, 11) is 0. The summed E-state index contributed by atoms with van der Waals surface area (Å²) in [5, 5.41) is 20.8.